The molecule has 0 spiro atoms. The van der Waals surface area contributed by atoms with E-state index in [-0.39, 0.29) is 51.6 Å². The number of amides is 14. The average Bonchev–Trinajstić information content (AvgIpc) is 1.76. The van der Waals surface area contributed by atoms with Gasteiger partial charge in [0.05, 0.1) is 38.0 Å². The Hall–Kier alpha value is -9.91. The van der Waals surface area contributed by atoms with Crippen molar-refractivity contribution in [3.63, 3.8) is 0 Å². The molecule has 22 N–H and O–H groups in total. The van der Waals surface area contributed by atoms with Crippen molar-refractivity contribution in [2.75, 3.05) is 26.2 Å². The maximum atomic E-state index is 14.9. The van der Waals surface area contributed by atoms with Gasteiger partial charge in [-0.25, -0.2) is 0 Å². The number of hydrogen-bond donors (Lipinski definition) is 19. The summed E-state index contributed by atoms with van der Waals surface area (Å²) in [5, 5.41) is 69.2. The quantitative estimate of drug-likeness (QED) is 0.0279. The number of nitrogens with zero attached hydrogens (tertiary/aromatic N) is 1. The van der Waals surface area contributed by atoms with Crippen LogP contribution in [0.4, 0.5) is 0 Å². The first-order valence-corrected chi connectivity index (χ1v) is 36.3. The summed E-state index contributed by atoms with van der Waals surface area (Å²) in [6.07, 6.45) is -2.41. The molecule has 0 bridgehead atoms. The minimum Gasteiger partial charge on any atom is -0.481 e. The van der Waals surface area contributed by atoms with Crippen LogP contribution in [0.25, 0.3) is 0 Å². The molecule has 14 amide bonds. The standard InChI is InChI=1S/C70H114N16O21/c1-12-35(6)53(65(102)79-44(29-41-23-18-17-19-24-41)60(97)75-33-49(89)74-34-52(94)95)83-69(106)58(40(11)87)85-64(101)47-26-22-28-86(47)70(107)57(39(10)16-5)84-68(105)56(38(9)15-4)82-67(104)55(37(8)14-3)81-66(103)54(36(7)13-2)80-61(98)43(25-20-21-27-71)76-62(99)46(32-51(92)93)78-63(100)45(31-50(90)91)77-59(96)42(72)30-48(73)88/h17-19,23-24,35-40,42-47,53-58,87H,12-16,20-22,25-34,71-72H2,1-11H3,(H2,73,88)(H,74,89)(H,75,97)(H,76,99)(H,77,96)(H,78,100)(H,79,102)(H,80,98)(H,81,103)(H,82,104)(H,83,106)(H,84,105)(H,85,101)(H,90,91)(H,92,93)(H,94,95)/t35-,36-,37-,38-,39-,40+,42-,43-,44-,45-,46-,47-,53-,54-,55-,56-,57-,58-/m0/s1. The number of hydrogen-bond acceptors (Lipinski definition) is 20. The van der Waals surface area contributed by atoms with Crippen LogP contribution in [0.15, 0.2) is 30.3 Å². The van der Waals surface area contributed by atoms with Crippen molar-refractivity contribution in [3.8, 4) is 0 Å². The zero-order chi connectivity index (χ0) is 81.1. The van der Waals surface area contributed by atoms with Crippen molar-refractivity contribution in [1.29, 1.82) is 0 Å². The summed E-state index contributed by atoms with van der Waals surface area (Å²) >= 11 is 0. The molecular formula is C70H114N16O21. The average molecular weight is 1520 g/mol. The van der Waals surface area contributed by atoms with E-state index in [0.717, 1.165) is 0 Å². The normalized spacial score (nSPS) is 17.4. The molecule has 0 unspecified atom stereocenters. The number of aliphatic hydroxyl groups excluding tert-OH is 1. The highest BCUT2D eigenvalue weighted by Gasteiger charge is 2.44. The van der Waals surface area contributed by atoms with Gasteiger partial charge in [-0.1, -0.05) is 132 Å². The maximum absolute atomic E-state index is 14.9. The van der Waals surface area contributed by atoms with Crippen molar-refractivity contribution in [3.05, 3.63) is 35.9 Å². The van der Waals surface area contributed by atoms with Crippen molar-refractivity contribution >= 4 is 101 Å². The molecule has 37 nitrogen and oxygen atoms in total. The molecule has 600 valence electrons. The number of carboxylic acids is 3. The van der Waals surface area contributed by atoms with Gasteiger partial charge in [0, 0.05) is 13.0 Å². The highest BCUT2D eigenvalue weighted by Crippen LogP contribution is 2.24. The van der Waals surface area contributed by atoms with Crippen LogP contribution in [-0.2, 0) is 87.9 Å². The molecule has 107 heavy (non-hydrogen) atoms. The number of carbonyl (C=O) groups is 17. The molecule has 2 rings (SSSR count). The lowest BCUT2D eigenvalue weighted by molar-refractivity contribution is -0.144. The summed E-state index contributed by atoms with van der Waals surface area (Å²) in [4.78, 5) is 230. The summed E-state index contributed by atoms with van der Waals surface area (Å²) < 4.78 is 0. The predicted molar refractivity (Wildman–Crippen MR) is 386 cm³/mol. The summed E-state index contributed by atoms with van der Waals surface area (Å²) in [5.41, 5.74) is 17.1. The Morgan fingerprint density at radius 3 is 1.29 bits per heavy atom. The number of primary amides is 1. The van der Waals surface area contributed by atoms with Crippen LogP contribution in [0, 0.1) is 29.6 Å². The van der Waals surface area contributed by atoms with E-state index < -0.39 is 241 Å². The fraction of sp³-hybridized carbons (Fsp3) is 0.671. The summed E-state index contributed by atoms with van der Waals surface area (Å²) in [6.45, 7) is 17.0. The minimum atomic E-state index is -2.01. The predicted octanol–water partition coefficient (Wildman–Crippen LogP) is -3.72. The van der Waals surface area contributed by atoms with E-state index in [9.17, 15) is 96.8 Å². The topological polar surface area (TPSA) is 597 Å². The molecule has 18 atom stereocenters. The van der Waals surface area contributed by atoms with Crippen LogP contribution in [-0.4, -0.2) is 231 Å². The number of rotatable bonds is 49. The zero-order valence-electron chi connectivity index (χ0n) is 62.9. The molecule has 1 heterocycles. The molecule has 1 fully saturated rings. The van der Waals surface area contributed by atoms with Crippen molar-refractivity contribution in [2.24, 2.45) is 46.8 Å². The molecule has 1 aromatic rings. The van der Waals surface area contributed by atoms with Gasteiger partial charge >= 0.3 is 17.9 Å². The second-order valence-electron chi connectivity index (χ2n) is 27.4. The molecule has 1 aliphatic heterocycles. The SMILES string of the molecule is CC[C@H](C)[C@H](NC(=O)[C@H](CCCCN)NC(=O)[C@H](CC(=O)O)NC(=O)[C@H](CC(=O)O)NC(=O)[C@@H](N)CC(N)=O)C(=O)N[C@H](C(=O)N[C@H](C(=O)N[C@H](C(=O)N1CCC[C@H]1C(=O)N[C@H](C(=O)N[C@H](C(=O)N[C@@H](Cc1ccccc1)C(=O)NCC(=O)NCC(=O)O)[C@@H](C)CC)[C@@H](C)O)[C@@H](C)CC)[C@@H](C)CC)[C@@H](C)CC. The van der Waals surface area contributed by atoms with Crippen LogP contribution in [0.1, 0.15) is 165 Å². The second-order valence-corrected chi connectivity index (χ2v) is 27.4. The highest BCUT2D eigenvalue weighted by molar-refractivity contribution is 6.01. The molecule has 1 saturated heterocycles. The fourth-order valence-corrected chi connectivity index (χ4v) is 11.4. The van der Waals surface area contributed by atoms with Crippen LogP contribution in [0.2, 0.25) is 0 Å². The van der Waals surface area contributed by atoms with Gasteiger partial charge in [-0.15, -0.1) is 0 Å². The van der Waals surface area contributed by atoms with Crippen LogP contribution in [0.3, 0.4) is 0 Å². The summed E-state index contributed by atoms with van der Waals surface area (Å²) in [7, 11) is 0. The van der Waals surface area contributed by atoms with Gasteiger partial charge in [0.1, 0.15) is 73.0 Å². The molecule has 0 aliphatic carbocycles. The Kier molecular flexibility index (Phi) is 40.9. The van der Waals surface area contributed by atoms with Crippen LogP contribution >= 0.6 is 0 Å². The highest BCUT2D eigenvalue weighted by atomic mass is 16.4. The molecule has 1 aromatic carbocycles. The van der Waals surface area contributed by atoms with Gasteiger partial charge < -0.3 is 106 Å². The molecule has 1 aliphatic rings. The number of unbranched alkanes of at least 4 members (excludes halogenated alkanes) is 1. The largest absolute Gasteiger partial charge is 0.481 e. The van der Waals surface area contributed by atoms with Crippen LogP contribution < -0.4 is 81.0 Å². The lowest BCUT2D eigenvalue weighted by Gasteiger charge is -2.34. The first-order chi connectivity index (χ1) is 50.3. The smallest absolute Gasteiger partial charge is 0.322 e. The minimum absolute atomic E-state index is 0.0174. The third-order valence-electron chi connectivity index (χ3n) is 19.0. The molecule has 0 saturated carbocycles. The fourth-order valence-electron chi connectivity index (χ4n) is 11.4. The zero-order valence-corrected chi connectivity index (χ0v) is 62.9. The van der Waals surface area contributed by atoms with Crippen molar-refractivity contribution in [2.45, 2.75) is 245 Å². The monoisotopic (exact) mass is 1510 g/mol. The third kappa shape index (κ3) is 31.2. The molecular weight excluding hydrogens is 1400 g/mol. The van der Waals surface area contributed by atoms with Crippen molar-refractivity contribution < 1.29 is 102 Å². The van der Waals surface area contributed by atoms with E-state index in [1.165, 1.54) is 11.8 Å². The first-order valence-electron chi connectivity index (χ1n) is 36.3. The van der Waals surface area contributed by atoms with Gasteiger partial charge in [-0.05, 0) is 80.7 Å². The molecule has 37 heteroatoms. The van der Waals surface area contributed by atoms with Gasteiger partial charge in [0.25, 0.3) is 0 Å². The second kappa shape index (κ2) is 46.9. The van der Waals surface area contributed by atoms with Gasteiger partial charge in [-0.2, -0.15) is 0 Å². The lowest BCUT2D eigenvalue weighted by atomic mass is 9.92. The van der Waals surface area contributed by atoms with E-state index in [0.29, 0.717) is 37.7 Å². The maximum Gasteiger partial charge on any atom is 0.322 e. The van der Waals surface area contributed by atoms with Crippen molar-refractivity contribution in [1.82, 2.24) is 68.7 Å². The molecule has 0 radical (unpaired) electrons. The number of carboxylic acid groups (broad SMARTS) is 3. The lowest BCUT2D eigenvalue weighted by Crippen LogP contribution is -2.63. The van der Waals surface area contributed by atoms with Gasteiger partial charge in [0.15, 0.2) is 0 Å². The number of aliphatic hydroxyl groups is 1. The Labute approximate surface area is 622 Å². The number of nitrogens with one attached hydrogen (secondary N) is 12. The summed E-state index contributed by atoms with van der Waals surface area (Å²) in [6, 6.07) is -9.78. The number of aliphatic carboxylic acids is 3. The van der Waals surface area contributed by atoms with E-state index >= 15 is 0 Å². The van der Waals surface area contributed by atoms with E-state index in [1.807, 2.05) is 5.32 Å². The first kappa shape index (κ1) is 93.2. The van der Waals surface area contributed by atoms with Gasteiger partial charge in [-0.3, -0.25) is 81.5 Å². The number of nitrogens with two attached hydrogens (primary N) is 3. The number of benzene rings is 1. The Morgan fingerprint density at radius 2 is 0.860 bits per heavy atom. The van der Waals surface area contributed by atoms with E-state index in [2.05, 4.69) is 58.5 Å². The Balaban J connectivity index is 2.47. The Morgan fingerprint density at radius 1 is 0.458 bits per heavy atom. The van der Waals surface area contributed by atoms with Crippen LogP contribution in [0.5, 0.6) is 0 Å². The van der Waals surface area contributed by atoms with E-state index in [4.69, 9.17) is 22.3 Å². The Bertz CT molecular complexity index is 3240. The number of likely N-dealkylation sites (tertiary alicyclic amines) is 1. The van der Waals surface area contributed by atoms with E-state index in [1.54, 1.807) is 99.6 Å². The van der Waals surface area contributed by atoms with Gasteiger partial charge in [0.2, 0.25) is 82.7 Å². The molecule has 0 aromatic heterocycles. The third-order valence-corrected chi connectivity index (χ3v) is 19.0. The number of carbonyl (C=O) groups excluding carboxylic acids is 14. The summed E-state index contributed by atoms with van der Waals surface area (Å²) in [5.74, 6) is -21.0.